The van der Waals surface area contributed by atoms with Crippen LogP contribution in [-0.2, 0) is 6.42 Å². The van der Waals surface area contributed by atoms with Crippen molar-refractivity contribution in [2.75, 3.05) is 13.2 Å². The van der Waals surface area contributed by atoms with E-state index in [9.17, 15) is 0 Å². The zero-order valence-corrected chi connectivity index (χ0v) is 11.1. The molecular weight excluding hydrogens is 245 g/mol. The molecule has 0 heterocycles. The maximum Gasteiger partial charge on any atom is 0.141 e. The third-order valence-electron chi connectivity index (χ3n) is 2.06. The van der Waals surface area contributed by atoms with E-state index < -0.39 is 0 Å². The fourth-order valence-electron chi connectivity index (χ4n) is 1.37. The van der Waals surface area contributed by atoms with Crippen molar-refractivity contribution < 1.29 is 4.74 Å². The third kappa shape index (κ3) is 3.85. The molecular formula is C12H17Cl2NO. The highest BCUT2D eigenvalue weighted by Crippen LogP contribution is 2.32. The summed E-state index contributed by atoms with van der Waals surface area (Å²) in [5, 5.41) is 1.17. The van der Waals surface area contributed by atoms with E-state index in [2.05, 4.69) is 13.8 Å². The van der Waals surface area contributed by atoms with E-state index in [0.717, 1.165) is 5.56 Å². The Kier molecular flexibility index (Phi) is 5.39. The van der Waals surface area contributed by atoms with Gasteiger partial charge in [-0.25, -0.2) is 0 Å². The van der Waals surface area contributed by atoms with Crippen LogP contribution in [0.5, 0.6) is 5.75 Å². The average molecular weight is 262 g/mol. The van der Waals surface area contributed by atoms with E-state index in [1.165, 1.54) is 0 Å². The fraction of sp³-hybridized carbons (Fsp3) is 0.500. The Bertz CT molecular complexity index is 353. The summed E-state index contributed by atoms with van der Waals surface area (Å²) in [5.74, 6) is 1.17. The summed E-state index contributed by atoms with van der Waals surface area (Å²) in [6, 6.07) is 3.55. The molecule has 16 heavy (non-hydrogen) atoms. The number of rotatable bonds is 5. The van der Waals surface area contributed by atoms with Crippen LogP contribution in [0, 0.1) is 5.92 Å². The van der Waals surface area contributed by atoms with Gasteiger partial charge in [-0.15, -0.1) is 0 Å². The number of nitrogens with two attached hydrogens (primary N) is 1. The summed E-state index contributed by atoms with van der Waals surface area (Å²) >= 11 is 12.0. The van der Waals surface area contributed by atoms with Crippen LogP contribution in [0.1, 0.15) is 19.4 Å². The average Bonchev–Trinajstić information content (AvgIpc) is 2.16. The minimum atomic E-state index is 0.456. The van der Waals surface area contributed by atoms with Crippen LogP contribution < -0.4 is 10.5 Å². The lowest BCUT2D eigenvalue weighted by Gasteiger charge is -2.14. The van der Waals surface area contributed by atoms with Crippen LogP contribution in [0.15, 0.2) is 12.1 Å². The van der Waals surface area contributed by atoms with Crippen molar-refractivity contribution in [2.24, 2.45) is 11.7 Å². The monoisotopic (exact) mass is 261 g/mol. The van der Waals surface area contributed by atoms with Crippen molar-refractivity contribution >= 4 is 23.2 Å². The van der Waals surface area contributed by atoms with Crippen molar-refractivity contribution in [1.29, 1.82) is 0 Å². The Morgan fingerprint density at radius 3 is 2.56 bits per heavy atom. The molecule has 0 saturated heterocycles. The second-order valence-corrected chi connectivity index (χ2v) is 4.96. The Labute approximate surface area is 107 Å². The summed E-state index contributed by atoms with van der Waals surface area (Å²) in [7, 11) is 0. The summed E-state index contributed by atoms with van der Waals surface area (Å²) in [6.45, 7) is 5.37. The van der Waals surface area contributed by atoms with Crippen LogP contribution in [0.4, 0.5) is 0 Å². The first-order valence-electron chi connectivity index (χ1n) is 5.35. The van der Waals surface area contributed by atoms with Gasteiger partial charge < -0.3 is 10.5 Å². The lowest BCUT2D eigenvalue weighted by atomic mass is 10.1. The lowest BCUT2D eigenvalue weighted by Crippen LogP contribution is -2.09. The van der Waals surface area contributed by atoms with Gasteiger partial charge in [0.25, 0.3) is 0 Å². The fourth-order valence-corrected chi connectivity index (χ4v) is 1.96. The molecule has 90 valence electrons. The third-order valence-corrected chi connectivity index (χ3v) is 2.56. The van der Waals surface area contributed by atoms with E-state index in [0.29, 0.717) is 41.3 Å². The summed E-state index contributed by atoms with van der Waals surface area (Å²) in [6.07, 6.45) is 0.716. The van der Waals surface area contributed by atoms with Crippen molar-refractivity contribution in [3.8, 4) is 5.75 Å². The van der Waals surface area contributed by atoms with E-state index in [-0.39, 0.29) is 0 Å². The molecule has 0 aromatic heterocycles. The molecule has 0 fully saturated rings. The summed E-state index contributed by atoms with van der Waals surface area (Å²) < 4.78 is 5.69. The molecule has 0 saturated carbocycles. The van der Waals surface area contributed by atoms with Crippen LogP contribution in [-0.4, -0.2) is 13.2 Å². The summed E-state index contributed by atoms with van der Waals surface area (Å²) in [5.41, 5.74) is 6.52. The first kappa shape index (κ1) is 13.6. The van der Waals surface area contributed by atoms with Crippen LogP contribution in [0.25, 0.3) is 0 Å². The first-order chi connectivity index (χ1) is 7.54. The van der Waals surface area contributed by atoms with Crippen molar-refractivity contribution in [2.45, 2.75) is 20.3 Å². The van der Waals surface area contributed by atoms with Crippen molar-refractivity contribution in [1.82, 2.24) is 0 Å². The molecule has 0 radical (unpaired) electrons. The lowest BCUT2D eigenvalue weighted by molar-refractivity contribution is 0.269. The predicted octanol–water partition coefficient (Wildman–Crippen LogP) is 3.53. The second-order valence-electron chi connectivity index (χ2n) is 4.12. The van der Waals surface area contributed by atoms with E-state index in [1.54, 1.807) is 6.07 Å². The largest absolute Gasteiger partial charge is 0.491 e. The molecule has 0 unspecified atom stereocenters. The Balaban J connectivity index is 2.94. The molecule has 0 spiro atoms. The van der Waals surface area contributed by atoms with E-state index >= 15 is 0 Å². The highest BCUT2D eigenvalue weighted by Gasteiger charge is 2.10. The Morgan fingerprint density at radius 1 is 1.31 bits per heavy atom. The zero-order chi connectivity index (χ0) is 12.1. The van der Waals surface area contributed by atoms with E-state index in [1.807, 2.05) is 6.07 Å². The molecule has 2 N–H and O–H groups in total. The topological polar surface area (TPSA) is 35.2 Å². The Morgan fingerprint density at radius 2 is 2.00 bits per heavy atom. The molecule has 0 aliphatic rings. The number of hydrogen-bond donors (Lipinski definition) is 1. The highest BCUT2D eigenvalue weighted by atomic mass is 35.5. The van der Waals surface area contributed by atoms with Gasteiger partial charge in [-0.3, -0.25) is 0 Å². The Hall–Kier alpha value is -0.440. The number of benzene rings is 1. The van der Waals surface area contributed by atoms with Gasteiger partial charge in [0.2, 0.25) is 0 Å². The molecule has 0 aliphatic carbocycles. The SMILES string of the molecule is CC(C)COc1c(Cl)cc(Cl)cc1CCN. The maximum atomic E-state index is 6.10. The molecule has 1 rings (SSSR count). The van der Waals surface area contributed by atoms with Crippen molar-refractivity contribution in [3.63, 3.8) is 0 Å². The molecule has 2 nitrogen and oxygen atoms in total. The molecule has 1 aromatic carbocycles. The minimum Gasteiger partial charge on any atom is -0.491 e. The normalized spacial score (nSPS) is 10.9. The second kappa shape index (κ2) is 6.33. The quantitative estimate of drug-likeness (QED) is 0.881. The number of halogens is 2. The molecule has 0 amide bonds. The zero-order valence-electron chi connectivity index (χ0n) is 9.59. The van der Waals surface area contributed by atoms with Crippen LogP contribution in [0.2, 0.25) is 10.0 Å². The number of ether oxygens (including phenoxy) is 1. The van der Waals surface area contributed by atoms with E-state index in [4.69, 9.17) is 33.7 Å². The van der Waals surface area contributed by atoms with Gasteiger partial charge in [-0.1, -0.05) is 37.0 Å². The maximum absolute atomic E-state index is 6.10. The van der Waals surface area contributed by atoms with Crippen LogP contribution in [0.3, 0.4) is 0 Å². The number of hydrogen-bond acceptors (Lipinski definition) is 2. The molecule has 1 aromatic rings. The predicted molar refractivity (Wildman–Crippen MR) is 69.6 cm³/mol. The highest BCUT2D eigenvalue weighted by molar-refractivity contribution is 6.35. The smallest absolute Gasteiger partial charge is 0.141 e. The van der Waals surface area contributed by atoms with Gasteiger partial charge in [0, 0.05) is 5.02 Å². The standard InChI is InChI=1S/C12H17Cl2NO/c1-8(2)7-16-12-9(3-4-15)5-10(13)6-11(12)14/h5-6,8H,3-4,7,15H2,1-2H3. The molecule has 0 aliphatic heterocycles. The van der Waals surface area contributed by atoms with Crippen LogP contribution >= 0.6 is 23.2 Å². The minimum absolute atomic E-state index is 0.456. The van der Waals surface area contributed by atoms with Gasteiger partial charge in [-0.05, 0) is 36.6 Å². The van der Waals surface area contributed by atoms with Crippen molar-refractivity contribution in [3.05, 3.63) is 27.7 Å². The summed E-state index contributed by atoms with van der Waals surface area (Å²) in [4.78, 5) is 0. The van der Waals surface area contributed by atoms with Gasteiger partial charge in [0.05, 0.1) is 11.6 Å². The molecule has 0 bridgehead atoms. The van der Waals surface area contributed by atoms with Gasteiger partial charge in [-0.2, -0.15) is 0 Å². The van der Waals surface area contributed by atoms with Gasteiger partial charge in [0.1, 0.15) is 5.75 Å². The molecule has 4 heteroatoms. The van der Waals surface area contributed by atoms with Gasteiger partial charge in [0.15, 0.2) is 0 Å². The first-order valence-corrected chi connectivity index (χ1v) is 6.11. The molecule has 0 atom stereocenters. The van der Waals surface area contributed by atoms with Gasteiger partial charge >= 0.3 is 0 Å².